The summed E-state index contributed by atoms with van der Waals surface area (Å²) in [5, 5.41) is 2.07. The summed E-state index contributed by atoms with van der Waals surface area (Å²) in [4.78, 5) is 23.0. The Hall–Kier alpha value is -2.31. The average Bonchev–Trinajstić information content (AvgIpc) is 3.15. The molecule has 2 aromatic heterocycles. The molecule has 0 aliphatic carbocycles. The molecule has 146 valence electrons. The van der Waals surface area contributed by atoms with Gasteiger partial charge in [-0.3, -0.25) is 14.3 Å². The maximum atomic E-state index is 12.6. The van der Waals surface area contributed by atoms with Crippen LogP contribution in [0.15, 0.2) is 46.5 Å². The summed E-state index contributed by atoms with van der Waals surface area (Å²) in [6, 6.07) is 8.45. The van der Waals surface area contributed by atoms with Gasteiger partial charge in [0, 0.05) is 60.6 Å². The molecule has 0 atom stereocenters. The second kappa shape index (κ2) is 7.97. The summed E-state index contributed by atoms with van der Waals surface area (Å²) < 4.78 is 1.66. The lowest BCUT2D eigenvalue weighted by molar-refractivity contribution is 0.305. The van der Waals surface area contributed by atoms with Crippen LogP contribution in [0.5, 0.6) is 0 Å². The molecule has 4 rings (SSSR count). The lowest BCUT2D eigenvalue weighted by Crippen LogP contribution is -2.33. The Bertz CT molecular complexity index is 1100. The number of H-pyrrole nitrogens is 1. The number of aromatic nitrogens is 3. The predicted molar refractivity (Wildman–Crippen MR) is 117 cm³/mol. The second-order valence-electron chi connectivity index (χ2n) is 7.30. The van der Waals surface area contributed by atoms with Crippen molar-refractivity contribution in [2.24, 2.45) is 7.05 Å². The van der Waals surface area contributed by atoms with E-state index >= 15 is 0 Å². The van der Waals surface area contributed by atoms with Crippen LogP contribution in [0.1, 0.15) is 23.2 Å². The molecule has 6 heteroatoms. The van der Waals surface area contributed by atoms with Crippen molar-refractivity contribution in [1.29, 1.82) is 0 Å². The first-order valence-electron chi connectivity index (χ1n) is 9.67. The molecule has 3 aromatic rings. The number of rotatable bonds is 5. The van der Waals surface area contributed by atoms with Crippen molar-refractivity contribution in [3.8, 4) is 0 Å². The van der Waals surface area contributed by atoms with Crippen LogP contribution in [0.25, 0.3) is 16.5 Å². The molecule has 0 bridgehead atoms. The van der Waals surface area contributed by atoms with Crippen molar-refractivity contribution >= 4 is 28.2 Å². The lowest BCUT2D eigenvalue weighted by Gasteiger charge is -2.26. The molecule has 0 unspecified atom stereocenters. The Kier molecular flexibility index (Phi) is 5.42. The van der Waals surface area contributed by atoms with Crippen LogP contribution in [-0.2, 0) is 13.5 Å². The standard InChI is InChI=1S/C22H26N4OS/c1-15-17(21(27)25(2)22(24-15)28-3)10-13-26-11-8-16(9-12-26)19-14-23-20-7-5-4-6-18(19)20/h4-8,14,23H,9-13H2,1-3H3. The number of nitrogens with one attached hydrogen (secondary N) is 1. The Morgan fingerprint density at radius 2 is 2.11 bits per heavy atom. The predicted octanol–water partition coefficient (Wildman–Crippen LogP) is 3.62. The maximum absolute atomic E-state index is 12.6. The van der Waals surface area contributed by atoms with Gasteiger partial charge in [0.25, 0.3) is 5.56 Å². The Morgan fingerprint density at radius 3 is 2.86 bits per heavy atom. The number of para-hydroxylation sites is 1. The highest BCUT2D eigenvalue weighted by Crippen LogP contribution is 2.29. The second-order valence-corrected chi connectivity index (χ2v) is 8.08. The number of hydrogen-bond donors (Lipinski definition) is 1. The van der Waals surface area contributed by atoms with Crippen molar-refractivity contribution in [2.45, 2.75) is 24.9 Å². The molecule has 0 saturated carbocycles. The molecular weight excluding hydrogens is 368 g/mol. The lowest BCUT2D eigenvalue weighted by atomic mass is 9.98. The smallest absolute Gasteiger partial charge is 0.257 e. The number of thioether (sulfide) groups is 1. The van der Waals surface area contributed by atoms with Crippen molar-refractivity contribution < 1.29 is 0 Å². The number of fused-ring (bicyclic) bond motifs is 1. The zero-order valence-corrected chi connectivity index (χ0v) is 17.5. The van der Waals surface area contributed by atoms with Crippen LogP contribution in [0, 0.1) is 6.92 Å². The summed E-state index contributed by atoms with van der Waals surface area (Å²) in [5.41, 5.74) is 5.70. The average molecular weight is 395 g/mol. The Morgan fingerprint density at radius 1 is 1.29 bits per heavy atom. The molecule has 1 aromatic carbocycles. The summed E-state index contributed by atoms with van der Waals surface area (Å²) in [6.45, 7) is 4.77. The van der Waals surface area contributed by atoms with E-state index < -0.39 is 0 Å². The van der Waals surface area contributed by atoms with Gasteiger partial charge in [0.2, 0.25) is 0 Å². The van der Waals surface area contributed by atoms with Gasteiger partial charge in [0.15, 0.2) is 5.16 Å². The number of hydrogen-bond acceptors (Lipinski definition) is 4. The van der Waals surface area contributed by atoms with E-state index in [9.17, 15) is 4.79 Å². The molecule has 0 saturated heterocycles. The van der Waals surface area contributed by atoms with E-state index in [1.165, 1.54) is 33.8 Å². The van der Waals surface area contributed by atoms with E-state index in [4.69, 9.17) is 0 Å². The topological polar surface area (TPSA) is 53.9 Å². The highest BCUT2D eigenvalue weighted by atomic mass is 32.2. The van der Waals surface area contributed by atoms with E-state index in [1.807, 2.05) is 13.2 Å². The molecule has 3 heterocycles. The van der Waals surface area contributed by atoms with Gasteiger partial charge in [0.1, 0.15) is 0 Å². The summed E-state index contributed by atoms with van der Waals surface area (Å²) >= 11 is 1.51. The van der Waals surface area contributed by atoms with Gasteiger partial charge in [-0.05, 0) is 37.7 Å². The third-order valence-electron chi connectivity index (χ3n) is 5.64. The van der Waals surface area contributed by atoms with Gasteiger partial charge in [-0.2, -0.15) is 0 Å². The number of benzene rings is 1. The first kappa shape index (κ1) is 19.0. The van der Waals surface area contributed by atoms with Crippen LogP contribution in [0.4, 0.5) is 0 Å². The Labute approximate surface area is 169 Å². The molecule has 5 nitrogen and oxygen atoms in total. The molecule has 1 aliphatic rings. The minimum Gasteiger partial charge on any atom is -0.361 e. The van der Waals surface area contributed by atoms with E-state index in [0.717, 1.165) is 48.9 Å². The fraction of sp³-hybridized carbons (Fsp3) is 0.364. The molecule has 0 radical (unpaired) electrons. The third-order valence-corrected chi connectivity index (χ3v) is 6.37. The first-order valence-corrected chi connectivity index (χ1v) is 10.9. The van der Waals surface area contributed by atoms with E-state index in [-0.39, 0.29) is 5.56 Å². The van der Waals surface area contributed by atoms with Crippen molar-refractivity contribution in [2.75, 3.05) is 25.9 Å². The highest BCUT2D eigenvalue weighted by molar-refractivity contribution is 7.98. The summed E-state index contributed by atoms with van der Waals surface area (Å²) in [5.74, 6) is 0. The zero-order valence-electron chi connectivity index (χ0n) is 16.7. The van der Waals surface area contributed by atoms with Crippen molar-refractivity contribution in [3.05, 3.63) is 63.7 Å². The summed E-state index contributed by atoms with van der Waals surface area (Å²) in [6.07, 6.45) is 8.18. The maximum Gasteiger partial charge on any atom is 0.257 e. The van der Waals surface area contributed by atoms with Gasteiger partial charge in [-0.1, -0.05) is 36.0 Å². The van der Waals surface area contributed by atoms with Gasteiger partial charge in [-0.15, -0.1) is 0 Å². The molecule has 1 aliphatic heterocycles. The molecule has 1 N–H and O–H groups in total. The number of aryl methyl sites for hydroxylation is 1. The first-order chi connectivity index (χ1) is 13.6. The van der Waals surface area contributed by atoms with Crippen LogP contribution < -0.4 is 5.56 Å². The molecule has 0 amide bonds. The number of aromatic amines is 1. The van der Waals surface area contributed by atoms with Crippen molar-refractivity contribution in [3.63, 3.8) is 0 Å². The van der Waals surface area contributed by atoms with Crippen LogP contribution in [-0.4, -0.2) is 45.3 Å². The van der Waals surface area contributed by atoms with Gasteiger partial charge < -0.3 is 4.98 Å². The van der Waals surface area contributed by atoms with E-state index in [2.05, 4.69) is 51.4 Å². The molecule has 0 fully saturated rings. The van der Waals surface area contributed by atoms with E-state index in [1.54, 1.807) is 11.6 Å². The quantitative estimate of drug-likeness (QED) is 0.530. The normalized spacial score (nSPS) is 15.2. The van der Waals surface area contributed by atoms with Gasteiger partial charge in [-0.25, -0.2) is 4.98 Å². The van der Waals surface area contributed by atoms with Crippen LogP contribution in [0.2, 0.25) is 0 Å². The minimum atomic E-state index is 0.0869. The SMILES string of the molecule is CSc1nc(C)c(CCN2CC=C(c3c[nH]c4ccccc34)CC2)c(=O)n1C. The fourth-order valence-electron chi connectivity index (χ4n) is 3.97. The van der Waals surface area contributed by atoms with Crippen LogP contribution >= 0.6 is 11.8 Å². The largest absolute Gasteiger partial charge is 0.361 e. The summed E-state index contributed by atoms with van der Waals surface area (Å²) in [7, 11) is 1.81. The fourth-order valence-corrected chi connectivity index (χ4v) is 4.55. The molecular formula is C22H26N4OS. The van der Waals surface area contributed by atoms with E-state index in [0.29, 0.717) is 0 Å². The molecule has 0 spiro atoms. The minimum absolute atomic E-state index is 0.0869. The number of nitrogens with zero attached hydrogens (tertiary/aromatic N) is 3. The van der Waals surface area contributed by atoms with Crippen LogP contribution in [0.3, 0.4) is 0 Å². The highest BCUT2D eigenvalue weighted by Gasteiger charge is 2.17. The van der Waals surface area contributed by atoms with Gasteiger partial charge in [0.05, 0.1) is 0 Å². The Balaban J connectivity index is 1.45. The van der Waals surface area contributed by atoms with Crippen molar-refractivity contribution in [1.82, 2.24) is 19.4 Å². The monoisotopic (exact) mass is 394 g/mol. The molecule has 28 heavy (non-hydrogen) atoms. The zero-order chi connectivity index (χ0) is 19.7. The van der Waals surface area contributed by atoms with Gasteiger partial charge >= 0.3 is 0 Å². The third kappa shape index (κ3) is 3.54.